The van der Waals surface area contributed by atoms with E-state index in [0.29, 0.717) is 22.8 Å². The average molecular weight is 395 g/mol. The van der Waals surface area contributed by atoms with Crippen molar-refractivity contribution in [3.8, 4) is 5.75 Å². The molecule has 1 amide bonds. The van der Waals surface area contributed by atoms with E-state index in [9.17, 15) is 14.0 Å². The van der Waals surface area contributed by atoms with E-state index in [1.807, 2.05) is 0 Å². The van der Waals surface area contributed by atoms with Gasteiger partial charge in [0.25, 0.3) is 5.91 Å². The fourth-order valence-electron chi connectivity index (χ4n) is 4.93. The van der Waals surface area contributed by atoms with Crippen LogP contribution in [0.25, 0.3) is 0 Å². The van der Waals surface area contributed by atoms with Gasteiger partial charge in [-0.3, -0.25) is 9.59 Å². The van der Waals surface area contributed by atoms with E-state index >= 15 is 0 Å². The van der Waals surface area contributed by atoms with E-state index < -0.39 is 0 Å². The van der Waals surface area contributed by atoms with Gasteiger partial charge in [-0.05, 0) is 92.5 Å². The molecule has 29 heavy (non-hydrogen) atoms. The van der Waals surface area contributed by atoms with Gasteiger partial charge in [0.2, 0.25) is 0 Å². The smallest absolute Gasteiger partial charge is 0.258 e. The molecule has 2 saturated carbocycles. The molecule has 1 N–H and O–H groups in total. The molecule has 2 aromatic rings. The Morgan fingerprint density at radius 3 is 2.28 bits per heavy atom. The molecular formula is C24H26FNO3. The van der Waals surface area contributed by atoms with Crippen LogP contribution in [0.1, 0.15) is 48.5 Å². The van der Waals surface area contributed by atoms with Crippen LogP contribution < -0.4 is 10.1 Å². The second-order valence-corrected chi connectivity index (χ2v) is 8.34. The lowest BCUT2D eigenvalue weighted by Crippen LogP contribution is -2.42. The summed E-state index contributed by atoms with van der Waals surface area (Å²) in [5.74, 6) is 2.07. The fraction of sp³-hybridized carbons (Fsp3) is 0.417. The van der Waals surface area contributed by atoms with Crippen LogP contribution in [0.2, 0.25) is 0 Å². The number of ether oxygens (including phenoxy) is 1. The van der Waals surface area contributed by atoms with E-state index in [4.69, 9.17) is 4.74 Å². The molecule has 5 heteroatoms. The highest BCUT2D eigenvalue weighted by molar-refractivity contribution is 6.09. The third kappa shape index (κ3) is 4.50. The van der Waals surface area contributed by atoms with Gasteiger partial charge in [0.1, 0.15) is 11.6 Å². The number of hydrogen-bond donors (Lipinski definition) is 1. The van der Waals surface area contributed by atoms with Crippen molar-refractivity contribution in [1.82, 2.24) is 5.32 Å². The summed E-state index contributed by atoms with van der Waals surface area (Å²) < 4.78 is 18.6. The number of carbonyl (C=O) groups is 2. The molecule has 4 rings (SSSR count). The van der Waals surface area contributed by atoms with Crippen LogP contribution in [0.5, 0.6) is 5.75 Å². The van der Waals surface area contributed by atoms with Crippen molar-refractivity contribution in [2.24, 2.45) is 17.8 Å². The SMILES string of the molecule is C[C@H](NC(=O)COc1ccc(C(=O)c2ccc(F)cc2)cc1)[C@H]1C[C@@H]2CC[C@@H]1C2. The number of benzene rings is 2. The maximum Gasteiger partial charge on any atom is 0.258 e. The van der Waals surface area contributed by atoms with Gasteiger partial charge < -0.3 is 10.1 Å². The molecule has 2 fully saturated rings. The minimum Gasteiger partial charge on any atom is -0.484 e. The quantitative estimate of drug-likeness (QED) is 0.708. The Hall–Kier alpha value is -2.69. The number of rotatable bonds is 7. The van der Waals surface area contributed by atoms with Crippen LogP contribution in [-0.4, -0.2) is 24.3 Å². The van der Waals surface area contributed by atoms with Gasteiger partial charge in [-0.1, -0.05) is 6.42 Å². The summed E-state index contributed by atoms with van der Waals surface area (Å²) in [5, 5.41) is 3.08. The Balaban J connectivity index is 1.27. The van der Waals surface area contributed by atoms with Crippen molar-refractivity contribution < 1.29 is 18.7 Å². The second kappa shape index (κ2) is 8.36. The summed E-state index contributed by atoms with van der Waals surface area (Å²) in [4.78, 5) is 24.7. The Morgan fingerprint density at radius 1 is 1.03 bits per heavy atom. The highest BCUT2D eigenvalue weighted by Gasteiger charge is 2.42. The zero-order valence-corrected chi connectivity index (χ0v) is 16.6. The van der Waals surface area contributed by atoms with E-state index in [-0.39, 0.29) is 30.2 Å². The number of amides is 1. The molecule has 0 radical (unpaired) electrons. The van der Waals surface area contributed by atoms with E-state index in [1.165, 1.54) is 49.9 Å². The number of carbonyl (C=O) groups excluding carboxylic acids is 2. The number of hydrogen-bond acceptors (Lipinski definition) is 3. The normalized spacial score (nSPS) is 23.6. The first-order chi connectivity index (χ1) is 14.0. The van der Waals surface area contributed by atoms with Crippen LogP contribution in [0, 0.1) is 23.6 Å². The second-order valence-electron chi connectivity index (χ2n) is 8.34. The van der Waals surface area contributed by atoms with Crippen LogP contribution in [-0.2, 0) is 4.79 Å². The number of fused-ring (bicyclic) bond motifs is 2. The molecule has 4 atom stereocenters. The first kappa shape index (κ1) is 19.6. The molecule has 2 aliphatic carbocycles. The largest absolute Gasteiger partial charge is 0.484 e. The molecule has 0 heterocycles. The monoisotopic (exact) mass is 395 g/mol. The average Bonchev–Trinajstić information content (AvgIpc) is 3.36. The summed E-state index contributed by atoms with van der Waals surface area (Å²) >= 11 is 0. The van der Waals surface area contributed by atoms with Crippen LogP contribution in [0.15, 0.2) is 48.5 Å². The van der Waals surface area contributed by atoms with E-state index in [1.54, 1.807) is 24.3 Å². The van der Waals surface area contributed by atoms with Crippen molar-refractivity contribution in [1.29, 1.82) is 0 Å². The third-order valence-corrected chi connectivity index (χ3v) is 6.42. The standard InChI is InChI=1S/C24H26FNO3/c1-15(22-13-16-2-3-19(22)12-16)26-23(27)14-29-21-10-6-18(7-11-21)24(28)17-4-8-20(25)9-5-17/h4-11,15-16,19,22H,2-3,12-14H2,1H3,(H,26,27)/t15-,16+,19+,22+/m0/s1. The van der Waals surface area contributed by atoms with Crippen molar-refractivity contribution in [2.75, 3.05) is 6.61 Å². The summed E-state index contributed by atoms with van der Waals surface area (Å²) in [6, 6.07) is 12.3. The predicted molar refractivity (Wildman–Crippen MR) is 108 cm³/mol. The highest BCUT2D eigenvalue weighted by Crippen LogP contribution is 2.49. The first-order valence-corrected chi connectivity index (χ1v) is 10.3. The van der Waals surface area contributed by atoms with Crippen LogP contribution >= 0.6 is 0 Å². The van der Waals surface area contributed by atoms with Gasteiger partial charge >= 0.3 is 0 Å². The molecule has 2 aromatic carbocycles. The lowest BCUT2D eigenvalue weighted by Gasteiger charge is -2.28. The fourth-order valence-corrected chi connectivity index (χ4v) is 4.93. The van der Waals surface area contributed by atoms with Gasteiger partial charge in [0.15, 0.2) is 12.4 Å². The van der Waals surface area contributed by atoms with Crippen molar-refractivity contribution in [3.63, 3.8) is 0 Å². The van der Waals surface area contributed by atoms with Crippen molar-refractivity contribution >= 4 is 11.7 Å². The topological polar surface area (TPSA) is 55.4 Å². The van der Waals surface area contributed by atoms with E-state index in [2.05, 4.69) is 12.2 Å². The maximum atomic E-state index is 13.0. The van der Waals surface area contributed by atoms with Gasteiger partial charge in [0.05, 0.1) is 0 Å². The Kier molecular flexibility index (Phi) is 5.65. The molecule has 0 aromatic heterocycles. The molecular weight excluding hydrogens is 369 g/mol. The maximum absolute atomic E-state index is 13.0. The molecule has 2 aliphatic rings. The molecule has 0 unspecified atom stereocenters. The van der Waals surface area contributed by atoms with Crippen molar-refractivity contribution in [3.05, 3.63) is 65.5 Å². The lowest BCUT2D eigenvalue weighted by atomic mass is 9.84. The van der Waals surface area contributed by atoms with E-state index in [0.717, 1.165) is 11.8 Å². The Morgan fingerprint density at radius 2 is 1.69 bits per heavy atom. The zero-order chi connectivity index (χ0) is 20.4. The molecule has 0 spiro atoms. The Bertz CT molecular complexity index is 878. The predicted octanol–water partition coefficient (Wildman–Crippen LogP) is 4.38. The minimum absolute atomic E-state index is 0.0452. The lowest BCUT2D eigenvalue weighted by molar-refractivity contribution is -0.124. The molecule has 0 aliphatic heterocycles. The minimum atomic E-state index is -0.377. The summed E-state index contributed by atoms with van der Waals surface area (Å²) in [6.45, 7) is 2.05. The summed E-state index contributed by atoms with van der Waals surface area (Å²) in [5.41, 5.74) is 0.910. The van der Waals surface area contributed by atoms with Gasteiger partial charge in [-0.25, -0.2) is 4.39 Å². The molecule has 2 bridgehead atoms. The summed E-state index contributed by atoms with van der Waals surface area (Å²) in [6.07, 6.45) is 5.21. The number of ketones is 1. The highest BCUT2D eigenvalue weighted by atomic mass is 19.1. The van der Waals surface area contributed by atoms with Crippen molar-refractivity contribution in [2.45, 2.75) is 38.6 Å². The van der Waals surface area contributed by atoms with Gasteiger partial charge in [0, 0.05) is 17.2 Å². The van der Waals surface area contributed by atoms with Crippen LogP contribution in [0.4, 0.5) is 4.39 Å². The molecule has 4 nitrogen and oxygen atoms in total. The Labute approximate surface area is 170 Å². The zero-order valence-electron chi connectivity index (χ0n) is 16.6. The van der Waals surface area contributed by atoms with Gasteiger partial charge in [-0.2, -0.15) is 0 Å². The number of halogens is 1. The third-order valence-electron chi connectivity index (χ3n) is 6.42. The summed E-state index contributed by atoms with van der Waals surface area (Å²) in [7, 11) is 0. The van der Waals surface area contributed by atoms with Crippen LogP contribution in [0.3, 0.4) is 0 Å². The number of nitrogens with one attached hydrogen (secondary N) is 1. The first-order valence-electron chi connectivity index (χ1n) is 10.3. The molecule has 152 valence electrons. The van der Waals surface area contributed by atoms with Gasteiger partial charge in [-0.15, -0.1) is 0 Å². The molecule has 0 saturated heterocycles.